The van der Waals surface area contributed by atoms with Crippen molar-refractivity contribution >= 4 is 16.3 Å². The highest BCUT2D eigenvalue weighted by molar-refractivity contribution is 7.16. The third kappa shape index (κ3) is 2.45. The lowest BCUT2D eigenvalue weighted by molar-refractivity contribution is 0.910. The molecule has 17 heavy (non-hydrogen) atoms. The molecule has 4 heteroatoms. The number of hydrogen-bond donors (Lipinski definition) is 1. The normalized spacial score (nSPS) is 10.1. The van der Waals surface area contributed by atoms with E-state index >= 15 is 0 Å². The summed E-state index contributed by atoms with van der Waals surface area (Å²) in [5.74, 6) is 0. The van der Waals surface area contributed by atoms with E-state index in [4.69, 9.17) is 11.0 Å². The van der Waals surface area contributed by atoms with Gasteiger partial charge in [0.2, 0.25) is 0 Å². The molecule has 0 bridgehead atoms. The van der Waals surface area contributed by atoms with Crippen LogP contribution in [0.2, 0.25) is 0 Å². The molecule has 1 heterocycles. The summed E-state index contributed by atoms with van der Waals surface area (Å²) in [6.07, 6.45) is 2.01. The van der Waals surface area contributed by atoms with E-state index in [2.05, 4.69) is 18.0 Å². The van der Waals surface area contributed by atoms with Crippen molar-refractivity contribution in [2.75, 3.05) is 5.73 Å². The number of thiazole rings is 1. The predicted octanol–water partition coefficient (Wildman–Crippen LogP) is 3.22. The number of aromatic nitrogens is 1. The molecule has 3 nitrogen and oxygen atoms in total. The van der Waals surface area contributed by atoms with E-state index in [0.29, 0.717) is 5.56 Å². The quantitative estimate of drug-likeness (QED) is 0.900. The zero-order valence-corrected chi connectivity index (χ0v) is 10.4. The fourth-order valence-corrected chi connectivity index (χ4v) is 2.60. The highest BCUT2D eigenvalue weighted by Crippen LogP contribution is 2.31. The SMILES string of the molecule is CCCc1nc(-c2cccc(C#N)c2)c(N)s1. The topological polar surface area (TPSA) is 62.7 Å². The lowest BCUT2D eigenvalue weighted by atomic mass is 10.1. The maximum atomic E-state index is 8.87. The van der Waals surface area contributed by atoms with E-state index < -0.39 is 0 Å². The summed E-state index contributed by atoms with van der Waals surface area (Å²) in [6, 6.07) is 9.51. The van der Waals surface area contributed by atoms with Crippen LogP contribution in [0.5, 0.6) is 0 Å². The van der Waals surface area contributed by atoms with Gasteiger partial charge in [-0.1, -0.05) is 19.1 Å². The third-order valence-corrected chi connectivity index (χ3v) is 3.37. The minimum absolute atomic E-state index is 0.631. The molecule has 0 amide bonds. The molecule has 0 aliphatic rings. The molecular formula is C13H13N3S. The van der Waals surface area contributed by atoms with Crippen LogP contribution < -0.4 is 5.73 Å². The van der Waals surface area contributed by atoms with Crippen molar-refractivity contribution in [3.8, 4) is 17.3 Å². The second-order valence-electron chi connectivity index (χ2n) is 3.76. The van der Waals surface area contributed by atoms with Crippen molar-refractivity contribution in [1.29, 1.82) is 5.26 Å². The number of anilines is 1. The number of nitriles is 1. The Balaban J connectivity index is 2.42. The van der Waals surface area contributed by atoms with Crippen molar-refractivity contribution in [1.82, 2.24) is 4.98 Å². The van der Waals surface area contributed by atoms with Gasteiger partial charge in [-0.25, -0.2) is 4.98 Å². The van der Waals surface area contributed by atoms with Gasteiger partial charge in [0, 0.05) is 5.56 Å². The van der Waals surface area contributed by atoms with Crippen molar-refractivity contribution in [2.24, 2.45) is 0 Å². The molecule has 0 atom stereocenters. The van der Waals surface area contributed by atoms with Crippen molar-refractivity contribution in [3.05, 3.63) is 34.8 Å². The Labute approximate surface area is 105 Å². The number of hydrogen-bond acceptors (Lipinski definition) is 4. The molecule has 0 aliphatic carbocycles. The summed E-state index contributed by atoms with van der Waals surface area (Å²) in [5, 5.41) is 10.7. The first kappa shape index (κ1) is 11.6. The Morgan fingerprint density at radius 1 is 1.47 bits per heavy atom. The van der Waals surface area contributed by atoms with Crippen molar-refractivity contribution in [2.45, 2.75) is 19.8 Å². The molecule has 2 N–H and O–H groups in total. The molecule has 86 valence electrons. The summed E-state index contributed by atoms with van der Waals surface area (Å²) in [6.45, 7) is 2.12. The third-order valence-electron chi connectivity index (χ3n) is 2.43. The van der Waals surface area contributed by atoms with Crippen LogP contribution in [-0.4, -0.2) is 4.98 Å². The maximum absolute atomic E-state index is 8.87. The van der Waals surface area contributed by atoms with Gasteiger partial charge < -0.3 is 5.73 Å². The van der Waals surface area contributed by atoms with Gasteiger partial charge in [-0.05, 0) is 25.0 Å². The molecule has 1 aromatic carbocycles. The van der Waals surface area contributed by atoms with E-state index in [-0.39, 0.29) is 0 Å². The predicted molar refractivity (Wildman–Crippen MR) is 70.7 cm³/mol. The fraction of sp³-hybridized carbons (Fsp3) is 0.231. The van der Waals surface area contributed by atoms with Crippen LogP contribution in [0.1, 0.15) is 23.9 Å². The van der Waals surface area contributed by atoms with Gasteiger partial charge in [0.25, 0.3) is 0 Å². The van der Waals surface area contributed by atoms with Gasteiger partial charge in [0.1, 0.15) is 10.7 Å². The van der Waals surface area contributed by atoms with E-state index in [0.717, 1.165) is 34.1 Å². The molecule has 0 fully saturated rings. The zero-order valence-electron chi connectivity index (χ0n) is 9.60. The molecule has 2 rings (SSSR count). The molecule has 0 saturated carbocycles. The Hall–Kier alpha value is -1.86. The second kappa shape index (κ2) is 4.98. The largest absolute Gasteiger partial charge is 0.389 e. The number of nitrogens with two attached hydrogens (primary N) is 1. The average Bonchev–Trinajstić information content (AvgIpc) is 2.71. The van der Waals surface area contributed by atoms with Crippen LogP contribution in [0.15, 0.2) is 24.3 Å². The van der Waals surface area contributed by atoms with Crippen LogP contribution in [0.25, 0.3) is 11.3 Å². The van der Waals surface area contributed by atoms with Gasteiger partial charge in [-0.15, -0.1) is 11.3 Å². The molecule has 1 aromatic heterocycles. The van der Waals surface area contributed by atoms with Crippen molar-refractivity contribution < 1.29 is 0 Å². The van der Waals surface area contributed by atoms with Gasteiger partial charge in [0.15, 0.2) is 0 Å². The molecule has 0 spiro atoms. The molecule has 2 aromatic rings. The minimum atomic E-state index is 0.631. The summed E-state index contributed by atoms with van der Waals surface area (Å²) in [4.78, 5) is 4.53. The minimum Gasteiger partial charge on any atom is -0.389 e. The monoisotopic (exact) mass is 243 g/mol. The van der Waals surface area contributed by atoms with Crippen LogP contribution in [0.4, 0.5) is 5.00 Å². The first-order valence-electron chi connectivity index (χ1n) is 5.50. The molecular weight excluding hydrogens is 230 g/mol. The van der Waals surface area contributed by atoms with E-state index in [1.54, 1.807) is 6.07 Å². The van der Waals surface area contributed by atoms with Crippen LogP contribution in [0.3, 0.4) is 0 Å². The smallest absolute Gasteiger partial charge is 0.114 e. The Bertz CT molecular complexity index is 566. The highest BCUT2D eigenvalue weighted by Gasteiger charge is 2.10. The summed E-state index contributed by atoms with van der Waals surface area (Å²) >= 11 is 1.53. The summed E-state index contributed by atoms with van der Waals surface area (Å²) < 4.78 is 0. The molecule has 0 saturated heterocycles. The Morgan fingerprint density at radius 2 is 2.29 bits per heavy atom. The van der Waals surface area contributed by atoms with Gasteiger partial charge in [0.05, 0.1) is 16.6 Å². The average molecular weight is 243 g/mol. The van der Waals surface area contributed by atoms with Gasteiger partial charge in [-0.3, -0.25) is 0 Å². The highest BCUT2D eigenvalue weighted by atomic mass is 32.1. The maximum Gasteiger partial charge on any atom is 0.114 e. The van der Waals surface area contributed by atoms with E-state index in [1.165, 1.54) is 11.3 Å². The fourth-order valence-electron chi connectivity index (χ4n) is 1.64. The Morgan fingerprint density at radius 3 is 3.00 bits per heavy atom. The Kier molecular flexibility index (Phi) is 3.40. The lowest BCUT2D eigenvalue weighted by Crippen LogP contribution is -1.87. The van der Waals surface area contributed by atoms with Crippen LogP contribution >= 0.6 is 11.3 Å². The van der Waals surface area contributed by atoms with Crippen molar-refractivity contribution in [3.63, 3.8) is 0 Å². The number of benzene rings is 1. The van der Waals surface area contributed by atoms with E-state index in [9.17, 15) is 0 Å². The van der Waals surface area contributed by atoms with Crippen LogP contribution in [0, 0.1) is 11.3 Å². The second-order valence-corrected chi connectivity index (χ2v) is 4.88. The van der Waals surface area contributed by atoms with E-state index in [1.807, 2.05) is 18.2 Å². The summed E-state index contributed by atoms with van der Waals surface area (Å²) in [5.41, 5.74) is 8.32. The van der Waals surface area contributed by atoms with Gasteiger partial charge >= 0.3 is 0 Å². The number of nitrogen functional groups attached to an aromatic ring is 1. The lowest BCUT2D eigenvalue weighted by Gasteiger charge is -1.98. The first-order valence-corrected chi connectivity index (χ1v) is 6.32. The molecule has 0 aliphatic heterocycles. The summed E-state index contributed by atoms with van der Waals surface area (Å²) in [7, 11) is 0. The zero-order chi connectivity index (χ0) is 12.3. The van der Waals surface area contributed by atoms with Crippen LogP contribution in [-0.2, 0) is 6.42 Å². The number of rotatable bonds is 3. The number of aryl methyl sites for hydroxylation is 1. The van der Waals surface area contributed by atoms with Gasteiger partial charge in [-0.2, -0.15) is 5.26 Å². The molecule has 0 radical (unpaired) electrons. The number of nitrogens with zero attached hydrogens (tertiary/aromatic N) is 2. The molecule has 0 unspecified atom stereocenters. The first-order chi connectivity index (χ1) is 8.24. The standard InChI is InChI=1S/C13H13N3S/c1-2-4-11-16-12(13(15)17-11)10-6-3-5-9(7-10)8-14/h3,5-7H,2,4,15H2,1H3.